The standard InChI is InChI=1S/C29H28N2O5S/c1-3-34-26-18-21(19-27-28(32)31-24-7-5-4-6-23(24)30-29(31)37-27)10-13-25(26)36-17-15-33-14-16-35-22-11-8-20(2)9-12-22/h4-13,18-19H,3,14-17H2,1-2H3/b27-19-. The molecule has 0 saturated heterocycles. The lowest BCUT2D eigenvalue weighted by atomic mass is 10.2. The average Bonchev–Trinajstić information content (AvgIpc) is 3.41. The van der Waals surface area contributed by atoms with Crippen molar-refractivity contribution in [2.75, 3.05) is 33.0 Å². The maximum absolute atomic E-state index is 13.1. The number of rotatable bonds is 11. The van der Waals surface area contributed by atoms with E-state index in [1.54, 1.807) is 4.40 Å². The molecule has 0 bridgehead atoms. The molecule has 0 fully saturated rings. The first-order valence-corrected chi connectivity index (χ1v) is 13.0. The number of nitrogens with zero attached hydrogens (tertiary/aromatic N) is 2. The quantitative estimate of drug-likeness (QED) is 0.238. The maximum atomic E-state index is 13.1. The highest BCUT2D eigenvalue weighted by molar-refractivity contribution is 7.15. The van der Waals surface area contributed by atoms with Crippen LogP contribution in [0.25, 0.3) is 22.1 Å². The topological polar surface area (TPSA) is 71.3 Å². The summed E-state index contributed by atoms with van der Waals surface area (Å²) in [7, 11) is 0. The van der Waals surface area contributed by atoms with E-state index in [1.807, 2.05) is 86.7 Å². The zero-order chi connectivity index (χ0) is 25.6. The third-order valence-electron chi connectivity index (χ3n) is 5.71. The fraction of sp³-hybridized carbons (Fsp3) is 0.241. The second-order valence-corrected chi connectivity index (χ2v) is 9.40. The van der Waals surface area contributed by atoms with Crippen molar-refractivity contribution in [2.24, 2.45) is 0 Å². The second-order valence-electron chi connectivity index (χ2n) is 8.40. The number of hydrogen-bond acceptors (Lipinski definition) is 7. The minimum Gasteiger partial charge on any atom is -0.491 e. The Balaban J connectivity index is 1.20. The largest absolute Gasteiger partial charge is 0.491 e. The summed E-state index contributed by atoms with van der Waals surface area (Å²) < 4.78 is 25.3. The molecule has 0 saturated carbocycles. The fourth-order valence-corrected chi connectivity index (χ4v) is 4.92. The van der Waals surface area contributed by atoms with Gasteiger partial charge in [0.1, 0.15) is 19.0 Å². The van der Waals surface area contributed by atoms with E-state index in [0.29, 0.717) is 54.0 Å². The monoisotopic (exact) mass is 516 g/mol. The lowest BCUT2D eigenvalue weighted by Gasteiger charge is -2.13. The Morgan fingerprint density at radius 2 is 1.68 bits per heavy atom. The highest BCUT2D eigenvalue weighted by atomic mass is 32.1. The molecule has 37 heavy (non-hydrogen) atoms. The molecule has 0 atom stereocenters. The van der Waals surface area contributed by atoms with Crippen molar-refractivity contribution in [2.45, 2.75) is 13.8 Å². The molecule has 0 spiro atoms. The van der Waals surface area contributed by atoms with Crippen LogP contribution in [-0.4, -0.2) is 42.4 Å². The van der Waals surface area contributed by atoms with Gasteiger partial charge < -0.3 is 18.9 Å². The number of imidazole rings is 1. The van der Waals surface area contributed by atoms with E-state index in [2.05, 4.69) is 4.98 Å². The molecule has 8 heteroatoms. The first kappa shape index (κ1) is 24.8. The molecule has 3 aromatic carbocycles. The van der Waals surface area contributed by atoms with Gasteiger partial charge in [-0.25, -0.2) is 9.38 Å². The number of benzene rings is 3. The summed E-state index contributed by atoms with van der Waals surface area (Å²) in [5, 5.41) is 0. The maximum Gasteiger partial charge on any atom is 0.274 e. The van der Waals surface area contributed by atoms with Crippen LogP contribution in [0.2, 0.25) is 0 Å². The van der Waals surface area contributed by atoms with Gasteiger partial charge in [0.2, 0.25) is 0 Å². The Hall–Kier alpha value is -3.88. The van der Waals surface area contributed by atoms with Crippen LogP contribution in [0, 0.1) is 6.92 Å². The SMILES string of the molecule is CCOc1cc(/C=c2\sc3nc4ccccc4n3c2=O)ccc1OCCOCCOc1ccc(C)cc1. The Labute approximate surface area is 218 Å². The van der Waals surface area contributed by atoms with Gasteiger partial charge in [-0.1, -0.05) is 47.2 Å². The molecule has 5 rings (SSSR count). The second kappa shape index (κ2) is 11.5. The molecule has 7 nitrogen and oxygen atoms in total. The highest BCUT2D eigenvalue weighted by Gasteiger charge is 2.11. The van der Waals surface area contributed by atoms with Crippen LogP contribution in [0.15, 0.2) is 71.5 Å². The molecule has 0 aliphatic carbocycles. The summed E-state index contributed by atoms with van der Waals surface area (Å²) in [5.41, 5.74) is 3.62. The molecule has 2 aromatic heterocycles. The van der Waals surface area contributed by atoms with Crippen molar-refractivity contribution in [1.82, 2.24) is 9.38 Å². The summed E-state index contributed by atoms with van der Waals surface area (Å²) in [5.74, 6) is 2.09. The van der Waals surface area contributed by atoms with E-state index in [1.165, 1.54) is 16.9 Å². The molecule has 190 valence electrons. The van der Waals surface area contributed by atoms with Crippen LogP contribution in [0.3, 0.4) is 0 Å². The van der Waals surface area contributed by atoms with Gasteiger partial charge in [0, 0.05) is 0 Å². The first-order valence-electron chi connectivity index (χ1n) is 12.2. The van der Waals surface area contributed by atoms with Gasteiger partial charge in [0.25, 0.3) is 5.56 Å². The summed E-state index contributed by atoms with van der Waals surface area (Å²) in [6.07, 6.45) is 1.86. The van der Waals surface area contributed by atoms with Crippen LogP contribution in [-0.2, 0) is 4.74 Å². The average molecular weight is 517 g/mol. The van der Waals surface area contributed by atoms with Crippen LogP contribution < -0.4 is 24.3 Å². The molecular weight excluding hydrogens is 488 g/mol. The van der Waals surface area contributed by atoms with Crippen LogP contribution >= 0.6 is 11.3 Å². The van der Waals surface area contributed by atoms with Gasteiger partial charge in [-0.2, -0.15) is 0 Å². The van der Waals surface area contributed by atoms with Crippen LogP contribution in [0.4, 0.5) is 0 Å². The lowest BCUT2D eigenvalue weighted by Crippen LogP contribution is -2.22. The molecule has 2 heterocycles. The van der Waals surface area contributed by atoms with E-state index in [4.69, 9.17) is 18.9 Å². The van der Waals surface area contributed by atoms with E-state index in [0.717, 1.165) is 22.3 Å². The number of aromatic nitrogens is 2. The van der Waals surface area contributed by atoms with Gasteiger partial charge in [0.05, 0.1) is 35.4 Å². The van der Waals surface area contributed by atoms with E-state index in [-0.39, 0.29) is 5.56 Å². The van der Waals surface area contributed by atoms with Gasteiger partial charge in [-0.05, 0) is 61.9 Å². The zero-order valence-corrected chi connectivity index (χ0v) is 21.6. The predicted octanol–water partition coefficient (Wildman–Crippen LogP) is 4.64. The van der Waals surface area contributed by atoms with E-state index >= 15 is 0 Å². The van der Waals surface area contributed by atoms with Crippen molar-refractivity contribution in [3.8, 4) is 17.2 Å². The van der Waals surface area contributed by atoms with E-state index in [9.17, 15) is 4.79 Å². The van der Waals surface area contributed by atoms with Crippen LogP contribution in [0.1, 0.15) is 18.1 Å². The predicted molar refractivity (Wildman–Crippen MR) is 146 cm³/mol. The molecule has 0 aliphatic heterocycles. The van der Waals surface area contributed by atoms with Gasteiger partial charge in [-0.3, -0.25) is 4.79 Å². The van der Waals surface area contributed by atoms with Crippen molar-refractivity contribution >= 4 is 33.4 Å². The molecule has 5 aromatic rings. The number of para-hydroxylation sites is 2. The van der Waals surface area contributed by atoms with Gasteiger partial charge >= 0.3 is 0 Å². The summed E-state index contributed by atoms with van der Waals surface area (Å²) >= 11 is 1.38. The molecule has 0 amide bonds. The fourth-order valence-electron chi connectivity index (χ4n) is 3.93. The molecular formula is C29H28N2O5S. The smallest absolute Gasteiger partial charge is 0.274 e. The Morgan fingerprint density at radius 3 is 2.49 bits per heavy atom. The summed E-state index contributed by atoms with van der Waals surface area (Å²) in [6.45, 7) is 6.22. The number of thiazole rings is 1. The summed E-state index contributed by atoms with van der Waals surface area (Å²) in [6, 6.07) is 21.2. The van der Waals surface area contributed by atoms with Crippen molar-refractivity contribution in [3.63, 3.8) is 0 Å². The zero-order valence-electron chi connectivity index (χ0n) is 20.8. The van der Waals surface area contributed by atoms with E-state index < -0.39 is 0 Å². The number of aryl methyl sites for hydroxylation is 1. The Morgan fingerprint density at radius 1 is 0.892 bits per heavy atom. The molecule has 0 N–H and O–H groups in total. The minimum atomic E-state index is -0.0736. The minimum absolute atomic E-state index is 0.0736. The number of hydrogen-bond donors (Lipinski definition) is 0. The normalized spacial score (nSPS) is 11.9. The van der Waals surface area contributed by atoms with Crippen molar-refractivity contribution < 1.29 is 18.9 Å². The number of fused-ring (bicyclic) bond motifs is 3. The third-order valence-corrected chi connectivity index (χ3v) is 6.68. The molecule has 0 radical (unpaired) electrons. The number of ether oxygens (including phenoxy) is 4. The Bertz CT molecular complexity index is 1610. The highest BCUT2D eigenvalue weighted by Crippen LogP contribution is 2.29. The first-order chi connectivity index (χ1) is 18.1. The molecule has 0 aliphatic rings. The van der Waals surface area contributed by atoms with Crippen molar-refractivity contribution in [3.05, 3.63) is 92.7 Å². The third kappa shape index (κ3) is 5.76. The Kier molecular flexibility index (Phi) is 7.67. The van der Waals surface area contributed by atoms with Crippen LogP contribution in [0.5, 0.6) is 17.2 Å². The van der Waals surface area contributed by atoms with Gasteiger partial charge in [0.15, 0.2) is 16.5 Å². The van der Waals surface area contributed by atoms with Gasteiger partial charge in [-0.15, -0.1) is 0 Å². The lowest BCUT2D eigenvalue weighted by molar-refractivity contribution is 0.0755. The van der Waals surface area contributed by atoms with Crippen molar-refractivity contribution in [1.29, 1.82) is 0 Å². The summed E-state index contributed by atoms with van der Waals surface area (Å²) in [4.78, 5) is 18.3. The molecule has 0 unspecified atom stereocenters.